The van der Waals surface area contributed by atoms with Gasteiger partial charge in [0.15, 0.2) is 11.6 Å². The number of para-hydroxylation sites is 3. The Labute approximate surface area is 362 Å². The van der Waals surface area contributed by atoms with Gasteiger partial charge in [0.1, 0.15) is 0 Å². The third kappa shape index (κ3) is 4.86. The molecule has 0 unspecified atom stereocenters. The van der Waals surface area contributed by atoms with Crippen molar-refractivity contribution in [2.75, 3.05) is 0 Å². The highest BCUT2D eigenvalue weighted by Gasteiger charge is 2.25. The molecule has 0 radical (unpaired) electrons. The second-order valence-electron chi connectivity index (χ2n) is 16.0. The molecule has 0 aliphatic rings. The number of nitrogens with zero attached hydrogens (tertiary/aromatic N) is 5. The standard InChI is InChI=1S/C55H31N5S2/c1-2-14-33-31-46-40(29-32(33)13-1)37-17-5-8-20-42(37)59(46)45-26-28-50-51(39-19-7-12-24-48(39)62-50)52(45)54-56-53(34-25-27-49-41(30-34)38-18-6-11-23-47(38)61-49)57-55(58-54)60-43-21-9-3-15-35(43)36-16-4-10-22-44(36)60/h1-31H. The average molecular weight is 826 g/mol. The molecular weight excluding hydrogens is 795 g/mol. The van der Waals surface area contributed by atoms with E-state index in [0.717, 1.165) is 55.0 Å². The van der Waals surface area contributed by atoms with Gasteiger partial charge in [-0.3, -0.25) is 4.57 Å². The Bertz CT molecular complexity index is 4130. The molecule has 0 saturated heterocycles. The molecule has 0 atom stereocenters. The van der Waals surface area contributed by atoms with Crippen molar-refractivity contribution >= 4 is 117 Å². The number of thiophene rings is 2. The van der Waals surface area contributed by atoms with Crippen molar-refractivity contribution < 1.29 is 0 Å². The maximum atomic E-state index is 5.63. The van der Waals surface area contributed by atoms with Gasteiger partial charge in [-0.05, 0) is 83.6 Å². The van der Waals surface area contributed by atoms with Crippen LogP contribution in [-0.2, 0) is 0 Å². The van der Waals surface area contributed by atoms with Gasteiger partial charge in [0.25, 0.3) is 0 Å². The fourth-order valence-electron chi connectivity index (χ4n) is 9.84. The predicted octanol–water partition coefficient (Wildman–Crippen LogP) is 15.3. The summed E-state index contributed by atoms with van der Waals surface area (Å²) in [6.45, 7) is 0. The first-order valence-electron chi connectivity index (χ1n) is 20.8. The zero-order valence-electron chi connectivity index (χ0n) is 33.0. The fourth-order valence-corrected chi connectivity index (χ4v) is 12.0. The molecule has 0 N–H and O–H groups in total. The highest BCUT2D eigenvalue weighted by molar-refractivity contribution is 7.26. The van der Waals surface area contributed by atoms with Crippen LogP contribution >= 0.6 is 22.7 Å². The van der Waals surface area contributed by atoms with E-state index in [0.29, 0.717) is 17.6 Å². The summed E-state index contributed by atoms with van der Waals surface area (Å²) in [4.78, 5) is 16.7. The van der Waals surface area contributed by atoms with Crippen LogP contribution in [0.1, 0.15) is 0 Å². The summed E-state index contributed by atoms with van der Waals surface area (Å²) in [7, 11) is 0. The fraction of sp³-hybridized carbons (Fsp3) is 0. The summed E-state index contributed by atoms with van der Waals surface area (Å²) in [5.41, 5.74) is 7.30. The van der Waals surface area contributed by atoms with Gasteiger partial charge in [-0.25, -0.2) is 4.98 Å². The second kappa shape index (κ2) is 12.9. The van der Waals surface area contributed by atoms with Crippen LogP contribution in [0.15, 0.2) is 188 Å². The Hall–Kier alpha value is -7.71. The van der Waals surface area contributed by atoms with Gasteiger partial charge in [0, 0.05) is 67.5 Å². The Morgan fingerprint density at radius 3 is 1.61 bits per heavy atom. The average Bonchev–Trinajstić information content (AvgIpc) is 4.08. The summed E-state index contributed by atoms with van der Waals surface area (Å²) in [6.07, 6.45) is 0. The zero-order valence-corrected chi connectivity index (χ0v) is 34.6. The molecule has 14 rings (SSSR count). The maximum Gasteiger partial charge on any atom is 0.238 e. The maximum absolute atomic E-state index is 5.63. The lowest BCUT2D eigenvalue weighted by atomic mass is 10.0. The molecule has 0 saturated carbocycles. The first-order chi connectivity index (χ1) is 30.7. The molecule has 5 heterocycles. The summed E-state index contributed by atoms with van der Waals surface area (Å²) >= 11 is 3.63. The van der Waals surface area contributed by atoms with Gasteiger partial charge in [-0.1, -0.05) is 115 Å². The molecule has 62 heavy (non-hydrogen) atoms. The SMILES string of the molecule is c1ccc2cc3c(cc2c1)c1ccccc1n3-c1ccc2sc3ccccc3c2c1-c1nc(-c2ccc3sc4ccccc4c3c2)nc(-n2c3ccccc3c3ccccc32)n1. The molecule has 0 aliphatic heterocycles. The van der Waals surface area contributed by atoms with E-state index in [2.05, 4.69) is 197 Å². The minimum Gasteiger partial charge on any atom is -0.308 e. The Balaban J connectivity index is 1.15. The normalized spacial score (nSPS) is 12.2. The number of aromatic nitrogens is 5. The molecule has 0 bridgehead atoms. The van der Waals surface area contributed by atoms with E-state index in [-0.39, 0.29) is 0 Å². The van der Waals surface area contributed by atoms with E-state index in [9.17, 15) is 0 Å². The summed E-state index contributed by atoms with van der Waals surface area (Å²) in [5, 5.41) is 11.9. The lowest BCUT2D eigenvalue weighted by molar-refractivity contribution is 0.953. The van der Waals surface area contributed by atoms with Crippen LogP contribution in [0.2, 0.25) is 0 Å². The molecule has 5 nitrogen and oxygen atoms in total. The summed E-state index contributed by atoms with van der Waals surface area (Å²) in [5.74, 6) is 1.83. The van der Waals surface area contributed by atoms with Crippen molar-refractivity contribution in [1.29, 1.82) is 0 Å². The molecule has 0 fully saturated rings. The van der Waals surface area contributed by atoms with Crippen LogP contribution < -0.4 is 0 Å². The van der Waals surface area contributed by atoms with E-state index in [1.807, 2.05) is 22.7 Å². The van der Waals surface area contributed by atoms with Crippen molar-refractivity contribution in [3.8, 4) is 34.4 Å². The minimum atomic E-state index is 0.577. The highest BCUT2D eigenvalue weighted by atomic mass is 32.1. The number of benzene rings is 9. The van der Waals surface area contributed by atoms with Crippen LogP contribution in [0.25, 0.3) is 129 Å². The van der Waals surface area contributed by atoms with E-state index < -0.39 is 0 Å². The molecule has 0 aliphatic carbocycles. The minimum absolute atomic E-state index is 0.577. The van der Waals surface area contributed by atoms with E-state index in [1.54, 1.807) is 0 Å². The van der Waals surface area contributed by atoms with Crippen molar-refractivity contribution in [2.24, 2.45) is 0 Å². The molecule has 9 aromatic carbocycles. The van der Waals surface area contributed by atoms with Crippen LogP contribution in [-0.4, -0.2) is 24.1 Å². The van der Waals surface area contributed by atoms with Gasteiger partial charge in [0.05, 0.1) is 33.3 Å². The van der Waals surface area contributed by atoms with Crippen LogP contribution in [0, 0.1) is 0 Å². The van der Waals surface area contributed by atoms with Crippen LogP contribution in [0.5, 0.6) is 0 Å². The Morgan fingerprint density at radius 1 is 0.339 bits per heavy atom. The van der Waals surface area contributed by atoms with Crippen molar-refractivity contribution in [2.45, 2.75) is 0 Å². The number of rotatable bonds is 4. The molecule has 5 aromatic heterocycles. The first kappa shape index (κ1) is 34.0. The molecule has 0 amide bonds. The highest BCUT2D eigenvalue weighted by Crippen LogP contribution is 2.46. The predicted molar refractivity (Wildman–Crippen MR) is 263 cm³/mol. The topological polar surface area (TPSA) is 48.5 Å². The smallest absolute Gasteiger partial charge is 0.238 e. The monoisotopic (exact) mass is 825 g/mol. The lowest BCUT2D eigenvalue weighted by Crippen LogP contribution is -2.08. The van der Waals surface area contributed by atoms with Crippen LogP contribution in [0.3, 0.4) is 0 Å². The third-order valence-electron chi connectivity index (χ3n) is 12.6. The second-order valence-corrected chi connectivity index (χ2v) is 18.1. The summed E-state index contributed by atoms with van der Waals surface area (Å²) in [6, 6.07) is 67.8. The van der Waals surface area contributed by atoms with Gasteiger partial charge < -0.3 is 4.57 Å². The summed E-state index contributed by atoms with van der Waals surface area (Å²) < 4.78 is 9.56. The number of fused-ring (bicyclic) bond motifs is 13. The molecule has 0 spiro atoms. The lowest BCUT2D eigenvalue weighted by Gasteiger charge is -2.17. The van der Waals surface area contributed by atoms with Crippen molar-refractivity contribution in [3.63, 3.8) is 0 Å². The van der Waals surface area contributed by atoms with Gasteiger partial charge in [0.2, 0.25) is 5.95 Å². The molecule has 14 aromatic rings. The third-order valence-corrected chi connectivity index (χ3v) is 14.9. The molecule has 7 heteroatoms. The number of hydrogen-bond donors (Lipinski definition) is 0. The first-order valence-corrected chi connectivity index (χ1v) is 22.4. The van der Waals surface area contributed by atoms with Crippen molar-refractivity contribution in [1.82, 2.24) is 24.1 Å². The Kier molecular flexibility index (Phi) is 7.08. The van der Waals surface area contributed by atoms with Crippen LogP contribution in [0.4, 0.5) is 0 Å². The van der Waals surface area contributed by atoms with Gasteiger partial charge in [-0.15, -0.1) is 22.7 Å². The van der Waals surface area contributed by atoms with Crippen molar-refractivity contribution in [3.05, 3.63) is 188 Å². The quantitative estimate of drug-likeness (QED) is 0.178. The van der Waals surface area contributed by atoms with Gasteiger partial charge in [-0.2, -0.15) is 9.97 Å². The molecule has 288 valence electrons. The number of hydrogen-bond acceptors (Lipinski definition) is 5. The van der Waals surface area contributed by atoms with Gasteiger partial charge >= 0.3 is 0 Å². The zero-order chi connectivity index (χ0) is 40.5. The molecular formula is C55H31N5S2. The van der Waals surface area contributed by atoms with E-state index in [4.69, 9.17) is 15.0 Å². The Morgan fingerprint density at radius 2 is 0.871 bits per heavy atom. The van der Waals surface area contributed by atoms with E-state index >= 15 is 0 Å². The largest absolute Gasteiger partial charge is 0.308 e. The van der Waals surface area contributed by atoms with E-state index in [1.165, 1.54) is 56.5 Å².